The lowest BCUT2D eigenvalue weighted by atomic mass is 9.89. The van der Waals surface area contributed by atoms with Crippen molar-refractivity contribution in [3.8, 4) is 0 Å². The van der Waals surface area contributed by atoms with Crippen LogP contribution in [-0.2, 0) is 4.74 Å². The Morgan fingerprint density at radius 1 is 1.12 bits per heavy atom. The van der Waals surface area contributed by atoms with E-state index in [-0.39, 0.29) is 12.0 Å². The second-order valence-electron chi connectivity index (χ2n) is 5.09. The number of benzene rings is 1. The van der Waals surface area contributed by atoms with Gasteiger partial charge in [-0.15, -0.1) is 0 Å². The minimum atomic E-state index is -0.454. The second-order valence-corrected chi connectivity index (χ2v) is 5.09. The number of hydrogen-bond donors (Lipinski definition) is 1. The van der Waals surface area contributed by atoms with Gasteiger partial charge in [-0.3, -0.25) is 0 Å². The Labute approximate surface area is 105 Å². The SMILES string of the molecule is CO[C@H](CC(C)C)[C@H](O)[C@H](C)c1ccccc1. The van der Waals surface area contributed by atoms with Crippen LogP contribution in [0, 0.1) is 5.92 Å². The van der Waals surface area contributed by atoms with Crippen LogP contribution in [0.2, 0.25) is 0 Å². The summed E-state index contributed by atoms with van der Waals surface area (Å²) in [5.74, 6) is 0.623. The molecule has 0 fully saturated rings. The maximum Gasteiger partial charge on any atom is 0.0867 e. The minimum Gasteiger partial charge on any atom is -0.390 e. The first kappa shape index (κ1) is 14.2. The zero-order valence-corrected chi connectivity index (χ0v) is 11.3. The van der Waals surface area contributed by atoms with Gasteiger partial charge in [-0.2, -0.15) is 0 Å². The first-order valence-corrected chi connectivity index (χ1v) is 6.32. The van der Waals surface area contributed by atoms with E-state index in [1.54, 1.807) is 7.11 Å². The van der Waals surface area contributed by atoms with Gasteiger partial charge in [0.15, 0.2) is 0 Å². The van der Waals surface area contributed by atoms with Gasteiger partial charge in [0.2, 0.25) is 0 Å². The highest BCUT2D eigenvalue weighted by Gasteiger charge is 2.26. The molecule has 0 aliphatic heterocycles. The van der Waals surface area contributed by atoms with E-state index in [4.69, 9.17) is 4.74 Å². The van der Waals surface area contributed by atoms with Crippen LogP contribution in [-0.4, -0.2) is 24.4 Å². The van der Waals surface area contributed by atoms with Crippen molar-refractivity contribution in [3.63, 3.8) is 0 Å². The van der Waals surface area contributed by atoms with Gasteiger partial charge in [-0.05, 0) is 17.9 Å². The molecule has 0 unspecified atom stereocenters. The maximum absolute atomic E-state index is 10.4. The van der Waals surface area contributed by atoms with E-state index in [9.17, 15) is 5.11 Å². The molecule has 0 bridgehead atoms. The monoisotopic (exact) mass is 236 g/mol. The molecule has 1 aromatic carbocycles. The smallest absolute Gasteiger partial charge is 0.0867 e. The molecule has 1 N–H and O–H groups in total. The Hall–Kier alpha value is -0.860. The summed E-state index contributed by atoms with van der Waals surface area (Å²) in [4.78, 5) is 0. The van der Waals surface area contributed by atoms with Crippen LogP contribution in [0.4, 0.5) is 0 Å². The van der Waals surface area contributed by atoms with E-state index in [0.29, 0.717) is 5.92 Å². The van der Waals surface area contributed by atoms with E-state index in [1.807, 2.05) is 25.1 Å². The Balaban J connectivity index is 2.70. The van der Waals surface area contributed by atoms with Crippen LogP contribution >= 0.6 is 0 Å². The summed E-state index contributed by atoms with van der Waals surface area (Å²) < 4.78 is 5.42. The molecule has 3 atom stereocenters. The first-order chi connectivity index (χ1) is 8.06. The second kappa shape index (κ2) is 6.77. The molecule has 96 valence electrons. The fourth-order valence-electron chi connectivity index (χ4n) is 2.12. The Kier molecular flexibility index (Phi) is 5.66. The number of hydrogen-bond acceptors (Lipinski definition) is 2. The van der Waals surface area contributed by atoms with Crippen molar-refractivity contribution < 1.29 is 9.84 Å². The zero-order chi connectivity index (χ0) is 12.8. The van der Waals surface area contributed by atoms with Crippen molar-refractivity contribution in [1.82, 2.24) is 0 Å². The average molecular weight is 236 g/mol. The van der Waals surface area contributed by atoms with Gasteiger partial charge >= 0.3 is 0 Å². The summed E-state index contributed by atoms with van der Waals surface area (Å²) in [6.45, 7) is 6.34. The molecule has 0 saturated heterocycles. The van der Waals surface area contributed by atoms with E-state index in [0.717, 1.165) is 12.0 Å². The van der Waals surface area contributed by atoms with Crippen LogP contribution in [0.1, 0.15) is 38.7 Å². The number of ether oxygens (including phenoxy) is 1. The van der Waals surface area contributed by atoms with Gasteiger partial charge in [-0.25, -0.2) is 0 Å². The molecule has 0 spiro atoms. The van der Waals surface area contributed by atoms with Gasteiger partial charge < -0.3 is 9.84 Å². The lowest BCUT2D eigenvalue weighted by molar-refractivity contribution is -0.0327. The highest BCUT2D eigenvalue weighted by molar-refractivity contribution is 5.20. The maximum atomic E-state index is 10.4. The Bertz CT molecular complexity index is 308. The number of aliphatic hydroxyl groups is 1. The molecule has 0 radical (unpaired) electrons. The third-order valence-corrected chi connectivity index (χ3v) is 3.23. The lowest BCUT2D eigenvalue weighted by Gasteiger charge is -2.28. The topological polar surface area (TPSA) is 29.5 Å². The molecular weight excluding hydrogens is 212 g/mol. The molecule has 0 amide bonds. The van der Waals surface area contributed by atoms with Gasteiger partial charge in [0.1, 0.15) is 0 Å². The summed E-state index contributed by atoms with van der Waals surface area (Å²) >= 11 is 0. The predicted molar refractivity (Wildman–Crippen MR) is 71.1 cm³/mol. The molecule has 1 aromatic rings. The van der Waals surface area contributed by atoms with Crippen molar-refractivity contribution in [2.75, 3.05) is 7.11 Å². The normalized spacial score (nSPS) is 16.8. The van der Waals surface area contributed by atoms with Crippen molar-refractivity contribution >= 4 is 0 Å². The number of aliphatic hydroxyl groups excluding tert-OH is 1. The molecule has 1 rings (SSSR count). The average Bonchev–Trinajstić information content (AvgIpc) is 2.35. The molecule has 2 nitrogen and oxygen atoms in total. The predicted octanol–water partition coefficient (Wildman–Crippen LogP) is 3.21. The van der Waals surface area contributed by atoms with Gasteiger partial charge in [0.05, 0.1) is 12.2 Å². The quantitative estimate of drug-likeness (QED) is 0.822. The highest BCUT2D eigenvalue weighted by Crippen LogP contribution is 2.25. The van der Waals surface area contributed by atoms with Crippen molar-refractivity contribution in [2.24, 2.45) is 5.92 Å². The van der Waals surface area contributed by atoms with Crippen molar-refractivity contribution in [3.05, 3.63) is 35.9 Å². The van der Waals surface area contributed by atoms with Crippen LogP contribution in [0.5, 0.6) is 0 Å². The fraction of sp³-hybridized carbons (Fsp3) is 0.600. The lowest BCUT2D eigenvalue weighted by Crippen LogP contribution is -2.33. The molecule has 0 saturated carbocycles. The summed E-state index contributed by atoms with van der Waals surface area (Å²) in [6, 6.07) is 10.1. The van der Waals surface area contributed by atoms with Crippen LogP contribution in [0.3, 0.4) is 0 Å². The fourth-order valence-corrected chi connectivity index (χ4v) is 2.12. The van der Waals surface area contributed by atoms with E-state index < -0.39 is 6.10 Å². The number of methoxy groups -OCH3 is 1. The molecule has 0 aromatic heterocycles. The zero-order valence-electron chi connectivity index (χ0n) is 11.3. The molecular formula is C15H24O2. The molecule has 2 heteroatoms. The molecule has 0 aliphatic carbocycles. The third kappa shape index (κ3) is 4.14. The summed E-state index contributed by atoms with van der Waals surface area (Å²) in [7, 11) is 1.67. The highest BCUT2D eigenvalue weighted by atomic mass is 16.5. The van der Waals surface area contributed by atoms with Crippen molar-refractivity contribution in [2.45, 2.75) is 45.3 Å². The van der Waals surface area contributed by atoms with Crippen LogP contribution in [0.15, 0.2) is 30.3 Å². The largest absolute Gasteiger partial charge is 0.390 e. The van der Waals surface area contributed by atoms with Crippen LogP contribution < -0.4 is 0 Å². The Morgan fingerprint density at radius 3 is 2.18 bits per heavy atom. The van der Waals surface area contributed by atoms with Gasteiger partial charge in [0, 0.05) is 13.0 Å². The third-order valence-electron chi connectivity index (χ3n) is 3.23. The summed E-state index contributed by atoms with van der Waals surface area (Å²) in [6.07, 6.45) is 0.337. The van der Waals surface area contributed by atoms with E-state index in [2.05, 4.69) is 26.0 Å². The van der Waals surface area contributed by atoms with E-state index >= 15 is 0 Å². The molecule has 0 aliphatic rings. The van der Waals surface area contributed by atoms with Crippen molar-refractivity contribution in [1.29, 1.82) is 0 Å². The van der Waals surface area contributed by atoms with Gasteiger partial charge in [0.25, 0.3) is 0 Å². The number of rotatable bonds is 6. The molecule has 0 heterocycles. The minimum absolute atomic E-state index is 0.0924. The van der Waals surface area contributed by atoms with Crippen LogP contribution in [0.25, 0.3) is 0 Å². The summed E-state index contributed by atoms with van der Waals surface area (Å²) in [5, 5.41) is 10.4. The summed E-state index contributed by atoms with van der Waals surface area (Å²) in [5.41, 5.74) is 1.16. The Morgan fingerprint density at radius 2 is 1.71 bits per heavy atom. The van der Waals surface area contributed by atoms with Gasteiger partial charge in [-0.1, -0.05) is 51.1 Å². The molecule has 17 heavy (non-hydrogen) atoms. The first-order valence-electron chi connectivity index (χ1n) is 6.32. The standard InChI is InChI=1S/C15H24O2/c1-11(2)10-14(17-4)15(16)12(3)13-8-6-5-7-9-13/h5-9,11-12,14-16H,10H2,1-4H3/t12-,14-,15-/m1/s1. The van der Waals surface area contributed by atoms with E-state index in [1.165, 1.54) is 0 Å².